The summed E-state index contributed by atoms with van der Waals surface area (Å²) in [6.07, 6.45) is 0.762. The van der Waals surface area contributed by atoms with Gasteiger partial charge in [-0.2, -0.15) is 0 Å². The molecule has 1 aromatic carbocycles. The zero-order valence-corrected chi connectivity index (χ0v) is 19.7. The van der Waals surface area contributed by atoms with E-state index in [4.69, 9.17) is 0 Å². The van der Waals surface area contributed by atoms with E-state index < -0.39 is 9.84 Å². The lowest BCUT2D eigenvalue weighted by atomic mass is 10.1. The Morgan fingerprint density at radius 3 is 2.58 bits per heavy atom. The van der Waals surface area contributed by atoms with Crippen LogP contribution in [0, 0.1) is 13.8 Å². The highest BCUT2D eigenvalue weighted by atomic mass is 32.2. The number of amides is 1. The van der Waals surface area contributed by atoms with Crippen molar-refractivity contribution in [1.29, 1.82) is 0 Å². The number of hydrogen-bond donors (Lipinski definition) is 2. The maximum absolute atomic E-state index is 12.2. The zero-order valence-electron chi connectivity index (χ0n) is 18.9. The number of piperazine rings is 1. The number of anilines is 1. The molecule has 1 unspecified atom stereocenters. The molecule has 8 nitrogen and oxygen atoms in total. The molecule has 0 aromatic heterocycles. The van der Waals surface area contributed by atoms with Gasteiger partial charge in [0, 0.05) is 50.9 Å². The van der Waals surface area contributed by atoms with Crippen molar-refractivity contribution in [3.63, 3.8) is 0 Å². The van der Waals surface area contributed by atoms with Crippen LogP contribution in [0.1, 0.15) is 30.9 Å². The molecule has 1 aromatic rings. The van der Waals surface area contributed by atoms with Gasteiger partial charge in [-0.3, -0.25) is 9.79 Å². The predicted octanol–water partition coefficient (Wildman–Crippen LogP) is 1.08. The Balaban J connectivity index is 1.50. The van der Waals surface area contributed by atoms with Crippen LogP contribution in [0.25, 0.3) is 0 Å². The van der Waals surface area contributed by atoms with Gasteiger partial charge in [-0.25, -0.2) is 8.42 Å². The number of nitrogens with zero attached hydrogens (tertiary/aromatic N) is 3. The number of rotatable bonds is 6. The molecule has 2 aliphatic heterocycles. The minimum Gasteiger partial charge on any atom is -0.368 e. The molecule has 2 aliphatic rings. The van der Waals surface area contributed by atoms with Gasteiger partial charge >= 0.3 is 0 Å². The molecule has 2 saturated heterocycles. The molecule has 1 amide bonds. The molecular weight excluding hydrogens is 414 g/mol. The second-order valence-electron chi connectivity index (χ2n) is 8.35. The van der Waals surface area contributed by atoms with E-state index in [9.17, 15) is 13.2 Å². The lowest BCUT2D eigenvalue weighted by Crippen LogP contribution is -2.52. The first kappa shape index (κ1) is 23.4. The number of carbonyl (C=O) groups excluding carboxylic acids is 1. The number of aliphatic imine (C=N–C) groups is 1. The van der Waals surface area contributed by atoms with E-state index in [0.29, 0.717) is 13.0 Å². The number of nitrogens with one attached hydrogen (secondary N) is 2. The Hall–Kier alpha value is -2.29. The fourth-order valence-corrected chi connectivity index (χ4v) is 5.81. The number of aryl methyl sites for hydroxylation is 1. The Kier molecular flexibility index (Phi) is 7.80. The van der Waals surface area contributed by atoms with E-state index in [1.54, 1.807) is 0 Å². The molecule has 0 bridgehead atoms. The summed E-state index contributed by atoms with van der Waals surface area (Å²) in [5.74, 6) is 0.908. The fraction of sp³-hybridized carbons (Fsp3) is 0.636. The summed E-state index contributed by atoms with van der Waals surface area (Å²) in [5, 5.41) is 6.16. The zero-order chi connectivity index (χ0) is 22.4. The van der Waals surface area contributed by atoms with E-state index in [1.165, 1.54) is 16.8 Å². The van der Waals surface area contributed by atoms with Gasteiger partial charge in [0.15, 0.2) is 15.8 Å². The maximum atomic E-state index is 12.2. The molecule has 0 saturated carbocycles. The highest BCUT2D eigenvalue weighted by molar-refractivity contribution is 7.91. The van der Waals surface area contributed by atoms with Crippen LogP contribution >= 0.6 is 0 Å². The smallest absolute Gasteiger partial charge is 0.222 e. The van der Waals surface area contributed by atoms with Gasteiger partial charge in [0.1, 0.15) is 0 Å². The summed E-state index contributed by atoms with van der Waals surface area (Å²) >= 11 is 0. The van der Waals surface area contributed by atoms with Crippen molar-refractivity contribution in [1.82, 2.24) is 15.5 Å². The molecule has 3 rings (SSSR count). The summed E-state index contributed by atoms with van der Waals surface area (Å²) in [6.45, 7) is 11.1. The summed E-state index contributed by atoms with van der Waals surface area (Å²) in [6, 6.07) is 6.19. The van der Waals surface area contributed by atoms with Gasteiger partial charge in [0.2, 0.25) is 5.91 Å². The quantitative estimate of drug-likeness (QED) is 0.499. The topological polar surface area (TPSA) is 94.1 Å². The maximum Gasteiger partial charge on any atom is 0.222 e. The van der Waals surface area contributed by atoms with Crippen LogP contribution in [0.2, 0.25) is 0 Å². The summed E-state index contributed by atoms with van der Waals surface area (Å²) in [5.41, 5.74) is 3.94. The van der Waals surface area contributed by atoms with E-state index in [-0.39, 0.29) is 29.9 Å². The van der Waals surface area contributed by atoms with E-state index in [1.807, 2.05) is 6.92 Å². The minimum atomic E-state index is -2.99. The first-order chi connectivity index (χ1) is 14.8. The van der Waals surface area contributed by atoms with Gasteiger partial charge in [-0.15, -0.1) is 0 Å². The first-order valence-electron chi connectivity index (χ1n) is 11.1. The molecule has 172 valence electrons. The normalized spacial score (nSPS) is 21.3. The third-order valence-corrected chi connectivity index (χ3v) is 7.80. The second kappa shape index (κ2) is 10.3. The summed E-state index contributed by atoms with van der Waals surface area (Å²) in [4.78, 5) is 21.5. The van der Waals surface area contributed by atoms with Crippen LogP contribution in [-0.2, 0) is 14.6 Å². The monoisotopic (exact) mass is 449 g/mol. The predicted molar refractivity (Wildman–Crippen MR) is 125 cm³/mol. The average molecular weight is 450 g/mol. The van der Waals surface area contributed by atoms with Crippen LogP contribution in [0.15, 0.2) is 23.2 Å². The van der Waals surface area contributed by atoms with Crippen molar-refractivity contribution in [3.8, 4) is 0 Å². The van der Waals surface area contributed by atoms with Gasteiger partial charge in [-0.05, 0) is 44.4 Å². The van der Waals surface area contributed by atoms with Gasteiger partial charge in [0.05, 0.1) is 18.1 Å². The van der Waals surface area contributed by atoms with Crippen LogP contribution in [0.4, 0.5) is 5.69 Å². The lowest BCUT2D eigenvalue weighted by Gasteiger charge is -2.38. The molecule has 0 spiro atoms. The van der Waals surface area contributed by atoms with Crippen LogP contribution < -0.4 is 15.5 Å². The summed E-state index contributed by atoms with van der Waals surface area (Å²) in [7, 11) is -2.99. The van der Waals surface area contributed by atoms with Crippen LogP contribution in [-0.4, -0.2) is 82.0 Å². The third kappa shape index (κ3) is 6.35. The Bertz CT molecular complexity index is 908. The van der Waals surface area contributed by atoms with Gasteiger partial charge in [-0.1, -0.05) is 12.1 Å². The Morgan fingerprint density at radius 2 is 1.94 bits per heavy atom. The standard InChI is InChI=1S/C22H35N5O3S/c1-4-23-22(24-10-8-21(28)25-19-9-15-31(29,30)16-19)27-13-11-26(12-14-27)20-7-5-6-17(2)18(20)3/h5-7,19H,4,8-16H2,1-3H3,(H,23,24)(H,25,28). The van der Waals surface area contributed by atoms with E-state index in [0.717, 1.165) is 38.7 Å². The molecule has 2 heterocycles. The molecule has 9 heteroatoms. The van der Waals surface area contributed by atoms with Gasteiger partial charge < -0.3 is 20.4 Å². The fourth-order valence-electron chi connectivity index (χ4n) is 4.14. The first-order valence-corrected chi connectivity index (χ1v) is 13.0. The van der Waals surface area contributed by atoms with Crippen LogP contribution in [0.3, 0.4) is 0 Å². The molecule has 0 radical (unpaired) electrons. The largest absolute Gasteiger partial charge is 0.368 e. The molecule has 0 aliphatic carbocycles. The van der Waals surface area contributed by atoms with Crippen molar-refractivity contribution in [3.05, 3.63) is 29.3 Å². The lowest BCUT2D eigenvalue weighted by molar-refractivity contribution is -0.121. The second-order valence-corrected chi connectivity index (χ2v) is 10.6. The number of benzene rings is 1. The molecule has 2 N–H and O–H groups in total. The number of guanidine groups is 1. The van der Waals surface area contributed by atoms with Gasteiger partial charge in [0.25, 0.3) is 0 Å². The molecule has 31 heavy (non-hydrogen) atoms. The molecular formula is C22H35N5O3S. The highest BCUT2D eigenvalue weighted by Gasteiger charge is 2.28. The van der Waals surface area contributed by atoms with Crippen molar-refractivity contribution < 1.29 is 13.2 Å². The SMILES string of the molecule is CCNC(=NCCC(=O)NC1CCS(=O)(=O)C1)N1CCN(c2cccc(C)c2C)CC1. The minimum absolute atomic E-state index is 0.0509. The Labute approximate surface area is 186 Å². The van der Waals surface area contributed by atoms with Crippen molar-refractivity contribution in [2.75, 3.05) is 55.7 Å². The number of carbonyl (C=O) groups is 1. The Morgan fingerprint density at radius 1 is 1.19 bits per heavy atom. The number of sulfone groups is 1. The van der Waals surface area contributed by atoms with Crippen LogP contribution in [0.5, 0.6) is 0 Å². The van der Waals surface area contributed by atoms with E-state index >= 15 is 0 Å². The van der Waals surface area contributed by atoms with E-state index in [2.05, 4.69) is 57.5 Å². The highest BCUT2D eigenvalue weighted by Crippen LogP contribution is 2.23. The average Bonchev–Trinajstić information content (AvgIpc) is 3.07. The third-order valence-electron chi connectivity index (χ3n) is 6.03. The summed E-state index contributed by atoms with van der Waals surface area (Å²) < 4.78 is 23.1. The molecule has 1 atom stereocenters. The molecule has 2 fully saturated rings. The number of hydrogen-bond acceptors (Lipinski definition) is 5. The van der Waals surface area contributed by atoms with Crippen molar-refractivity contribution in [2.45, 2.75) is 39.7 Å². The van der Waals surface area contributed by atoms with Crippen molar-refractivity contribution >= 4 is 27.4 Å². The van der Waals surface area contributed by atoms with Crippen molar-refractivity contribution in [2.24, 2.45) is 4.99 Å².